The zero-order valence-corrected chi connectivity index (χ0v) is 15.4. The van der Waals surface area contributed by atoms with E-state index in [4.69, 9.17) is 10.5 Å². The van der Waals surface area contributed by atoms with Crippen molar-refractivity contribution >= 4 is 22.5 Å². The van der Waals surface area contributed by atoms with E-state index in [0.29, 0.717) is 29.3 Å². The molecule has 150 valence electrons. The van der Waals surface area contributed by atoms with Crippen LogP contribution in [0.5, 0.6) is 5.75 Å². The molecule has 1 aliphatic rings. The number of aromatic nitrogens is 4. The van der Waals surface area contributed by atoms with E-state index in [1.54, 1.807) is 13.2 Å². The number of fused-ring (bicyclic) bond motifs is 3. The Kier molecular flexibility index (Phi) is 4.74. The molecule has 0 amide bonds. The fourth-order valence-corrected chi connectivity index (χ4v) is 3.81. The molecule has 2 aromatic heterocycles. The zero-order valence-electron chi connectivity index (χ0n) is 15.4. The number of halogens is 3. The largest absolute Gasteiger partial charge is 0.494 e. The second kappa shape index (κ2) is 7.08. The summed E-state index contributed by atoms with van der Waals surface area (Å²) in [5.41, 5.74) is 7.17. The van der Waals surface area contributed by atoms with Gasteiger partial charge in [-0.25, -0.2) is 9.97 Å². The molecule has 1 saturated heterocycles. The van der Waals surface area contributed by atoms with Crippen LogP contribution >= 0.6 is 0 Å². The van der Waals surface area contributed by atoms with Crippen molar-refractivity contribution in [1.82, 2.24) is 24.5 Å². The molecule has 28 heavy (non-hydrogen) atoms. The molecule has 0 saturated carbocycles. The average molecular weight is 394 g/mol. The van der Waals surface area contributed by atoms with Crippen LogP contribution in [0.2, 0.25) is 0 Å². The van der Waals surface area contributed by atoms with Crippen LogP contribution in [0.4, 0.5) is 19.1 Å². The number of para-hydroxylation sites is 1. The van der Waals surface area contributed by atoms with E-state index >= 15 is 0 Å². The summed E-state index contributed by atoms with van der Waals surface area (Å²) in [6, 6.07) is 5.45. The van der Waals surface area contributed by atoms with Gasteiger partial charge in [0.15, 0.2) is 11.5 Å². The summed E-state index contributed by atoms with van der Waals surface area (Å²) in [7, 11) is 1.55. The lowest BCUT2D eigenvalue weighted by Gasteiger charge is -2.23. The number of hydrogen-bond donors (Lipinski definition) is 1. The van der Waals surface area contributed by atoms with Gasteiger partial charge in [0, 0.05) is 17.8 Å². The molecule has 7 nitrogen and oxygen atoms in total. The van der Waals surface area contributed by atoms with Crippen LogP contribution in [-0.4, -0.2) is 57.4 Å². The van der Waals surface area contributed by atoms with Gasteiger partial charge >= 0.3 is 6.18 Å². The zero-order chi connectivity index (χ0) is 19.9. The number of ether oxygens (including phenoxy) is 1. The molecule has 0 bridgehead atoms. The van der Waals surface area contributed by atoms with Crippen LogP contribution in [0.3, 0.4) is 0 Å². The van der Waals surface area contributed by atoms with Crippen molar-refractivity contribution < 1.29 is 17.9 Å². The SMILES string of the molecule is COc1cccc2c1nc(N)n1nc([C@@H]3CCCCN(CC(F)(F)F)C3)nc21. The summed E-state index contributed by atoms with van der Waals surface area (Å²) in [5.74, 6) is 1.04. The fourth-order valence-electron chi connectivity index (χ4n) is 3.81. The second-order valence-corrected chi connectivity index (χ2v) is 7.07. The number of rotatable bonds is 3. The number of methoxy groups -OCH3 is 1. The van der Waals surface area contributed by atoms with Crippen molar-refractivity contribution in [3.63, 3.8) is 0 Å². The molecular weight excluding hydrogens is 373 g/mol. The number of anilines is 1. The number of likely N-dealkylation sites (tertiary alicyclic amines) is 1. The van der Waals surface area contributed by atoms with E-state index in [-0.39, 0.29) is 18.4 Å². The Bertz CT molecular complexity index is 1000. The third kappa shape index (κ3) is 3.56. The average Bonchev–Trinajstić information content (AvgIpc) is 2.97. The molecule has 0 unspecified atom stereocenters. The van der Waals surface area contributed by atoms with Crippen molar-refractivity contribution in [1.29, 1.82) is 0 Å². The summed E-state index contributed by atoms with van der Waals surface area (Å²) in [6.07, 6.45) is -1.93. The molecule has 0 radical (unpaired) electrons. The van der Waals surface area contributed by atoms with Gasteiger partial charge in [-0.15, -0.1) is 5.10 Å². The number of nitrogens with two attached hydrogens (primary N) is 1. The maximum atomic E-state index is 12.9. The predicted octanol–water partition coefficient (Wildman–Crippen LogP) is 3.00. The molecule has 2 N–H and O–H groups in total. The van der Waals surface area contributed by atoms with E-state index in [1.807, 2.05) is 12.1 Å². The highest BCUT2D eigenvalue weighted by molar-refractivity contribution is 5.95. The highest BCUT2D eigenvalue weighted by atomic mass is 19.4. The lowest BCUT2D eigenvalue weighted by atomic mass is 10.0. The molecule has 0 spiro atoms. The van der Waals surface area contributed by atoms with Crippen molar-refractivity contribution in [2.45, 2.75) is 31.4 Å². The van der Waals surface area contributed by atoms with Gasteiger partial charge in [0.2, 0.25) is 5.95 Å². The van der Waals surface area contributed by atoms with Crippen LogP contribution in [-0.2, 0) is 0 Å². The summed E-state index contributed by atoms with van der Waals surface area (Å²) in [4.78, 5) is 10.4. The summed E-state index contributed by atoms with van der Waals surface area (Å²) in [6.45, 7) is -0.223. The molecule has 1 fully saturated rings. The Hall–Kier alpha value is -2.62. The Labute approximate surface area is 159 Å². The molecular formula is C18H21F3N6O. The van der Waals surface area contributed by atoms with Gasteiger partial charge in [0.25, 0.3) is 0 Å². The van der Waals surface area contributed by atoms with Gasteiger partial charge in [0.05, 0.1) is 13.7 Å². The van der Waals surface area contributed by atoms with Crippen molar-refractivity contribution in [3.05, 3.63) is 24.0 Å². The Balaban J connectivity index is 1.74. The summed E-state index contributed by atoms with van der Waals surface area (Å²) >= 11 is 0. The Morgan fingerprint density at radius 1 is 1.25 bits per heavy atom. The molecule has 1 aromatic carbocycles. The van der Waals surface area contributed by atoms with E-state index in [9.17, 15) is 13.2 Å². The molecule has 1 aliphatic heterocycles. The normalized spacial score (nSPS) is 19.2. The molecule has 4 rings (SSSR count). The van der Waals surface area contributed by atoms with Gasteiger partial charge in [-0.3, -0.25) is 4.90 Å². The highest BCUT2D eigenvalue weighted by Crippen LogP contribution is 2.31. The Morgan fingerprint density at radius 2 is 2.07 bits per heavy atom. The third-order valence-corrected chi connectivity index (χ3v) is 5.05. The minimum atomic E-state index is -4.22. The first-order valence-corrected chi connectivity index (χ1v) is 9.13. The van der Waals surface area contributed by atoms with Gasteiger partial charge in [-0.05, 0) is 31.5 Å². The number of alkyl halides is 3. The first kappa shape index (κ1) is 18.7. The van der Waals surface area contributed by atoms with Crippen LogP contribution < -0.4 is 10.5 Å². The molecule has 3 aromatic rings. The Morgan fingerprint density at radius 3 is 2.82 bits per heavy atom. The maximum Gasteiger partial charge on any atom is 0.401 e. The van der Waals surface area contributed by atoms with Gasteiger partial charge in [-0.1, -0.05) is 12.5 Å². The van der Waals surface area contributed by atoms with Crippen LogP contribution in [0, 0.1) is 0 Å². The summed E-state index contributed by atoms with van der Waals surface area (Å²) in [5, 5.41) is 5.21. The molecule has 3 heterocycles. The first-order valence-electron chi connectivity index (χ1n) is 9.13. The number of nitrogens with zero attached hydrogens (tertiary/aromatic N) is 5. The topological polar surface area (TPSA) is 81.6 Å². The van der Waals surface area contributed by atoms with E-state index in [2.05, 4.69) is 15.1 Å². The van der Waals surface area contributed by atoms with Gasteiger partial charge in [0.1, 0.15) is 11.3 Å². The molecule has 1 atom stereocenters. The lowest BCUT2D eigenvalue weighted by molar-refractivity contribution is -0.146. The third-order valence-electron chi connectivity index (χ3n) is 5.05. The minimum Gasteiger partial charge on any atom is -0.494 e. The number of hydrogen-bond acceptors (Lipinski definition) is 6. The van der Waals surface area contributed by atoms with Crippen LogP contribution in [0.1, 0.15) is 31.0 Å². The van der Waals surface area contributed by atoms with Crippen LogP contribution in [0.25, 0.3) is 16.6 Å². The molecule has 0 aliphatic carbocycles. The standard InChI is InChI=1S/C18H21F3N6O/c1-28-13-7-4-6-12-14(13)23-17(22)27-16(12)24-15(25-27)11-5-2-3-8-26(9-11)10-18(19,20)21/h4,6-7,11H,2-3,5,8-10H2,1H3,(H2,22,23)/t11-/m1/s1. The van der Waals surface area contributed by atoms with E-state index < -0.39 is 12.7 Å². The molecule has 10 heteroatoms. The quantitative estimate of drug-likeness (QED) is 0.736. The van der Waals surface area contributed by atoms with Gasteiger partial charge < -0.3 is 10.5 Å². The second-order valence-electron chi connectivity index (χ2n) is 7.07. The van der Waals surface area contributed by atoms with Gasteiger partial charge in [-0.2, -0.15) is 17.7 Å². The van der Waals surface area contributed by atoms with Crippen molar-refractivity contribution in [2.75, 3.05) is 32.5 Å². The fraction of sp³-hybridized carbons (Fsp3) is 0.500. The first-order chi connectivity index (χ1) is 13.4. The van der Waals surface area contributed by atoms with E-state index in [1.165, 1.54) is 9.42 Å². The predicted molar refractivity (Wildman–Crippen MR) is 98.3 cm³/mol. The minimum absolute atomic E-state index is 0.159. The number of nitrogen functional groups attached to an aromatic ring is 1. The summed E-state index contributed by atoms with van der Waals surface area (Å²) < 4.78 is 45.4. The van der Waals surface area contributed by atoms with Crippen LogP contribution in [0.15, 0.2) is 18.2 Å². The lowest BCUT2D eigenvalue weighted by Crippen LogP contribution is -2.36. The van der Waals surface area contributed by atoms with E-state index in [0.717, 1.165) is 24.6 Å². The van der Waals surface area contributed by atoms with Crippen molar-refractivity contribution in [3.8, 4) is 5.75 Å². The maximum absolute atomic E-state index is 12.9. The number of benzene rings is 1. The highest BCUT2D eigenvalue weighted by Gasteiger charge is 2.33. The smallest absolute Gasteiger partial charge is 0.401 e. The monoisotopic (exact) mass is 394 g/mol. The van der Waals surface area contributed by atoms with Crippen molar-refractivity contribution in [2.24, 2.45) is 0 Å².